The summed E-state index contributed by atoms with van der Waals surface area (Å²) in [6.45, 7) is 5.57. The number of carboxylic acid groups (broad SMARTS) is 1. The molecule has 0 heterocycles. The van der Waals surface area contributed by atoms with Crippen LogP contribution < -0.4 is 15.3 Å². The van der Waals surface area contributed by atoms with Crippen LogP contribution >= 0.6 is 0 Å². The number of hydrogen-bond donors (Lipinski definition) is 2. The van der Waals surface area contributed by atoms with Crippen LogP contribution in [0.5, 0.6) is 0 Å². The van der Waals surface area contributed by atoms with Gasteiger partial charge in [0.05, 0.1) is 31.5 Å². The zero-order chi connectivity index (χ0) is 16.2. The van der Waals surface area contributed by atoms with Gasteiger partial charge in [0.1, 0.15) is 5.69 Å². The molecule has 0 aromatic heterocycles. The van der Waals surface area contributed by atoms with Crippen molar-refractivity contribution in [2.45, 2.75) is 13.8 Å². The molecular weight excluding hydrogens is 274 g/mol. The van der Waals surface area contributed by atoms with Gasteiger partial charge in [-0.2, -0.15) is 0 Å². The number of hydrogen-bond acceptors (Lipinski definition) is 5. The lowest BCUT2D eigenvalue weighted by atomic mass is 9.93. The maximum Gasteiger partial charge on any atom is 0.292 e. The second kappa shape index (κ2) is 6.53. The van der Waals surface area contributed by atoms with Crippen LogP contribution in [0.1, 0.15) is 24.2 Å². The first-order chi connectivity index (χ1) is 9.62. The number of carbonyl (C=O) groups excluding carboxylic acids is 1. The van der Waals surface area contributed by atoms with E-state index in [-0.39, 0.29) is 16.7 Å². The van der Waals surface area contributed by atoms with Crippen molar-refractivity contribution in [2.24, 2.45) is 5.41 Å². The van der Waals surface area contributed by atoms with Crippen molar-refractivity contribution >= 4 is 17.3 Å². The number of nitrogens with one attached hydrogen (secondary N) is 2. The van der Waals surface area contributed by atoms with Crippen LogP contribution in [0.3, 0.4) is 0 Å². The van der Waals surface area contributed by atoms with E-state index in [1.807, 2.05) is 14.1 Å². The number of quaternary nitrogens is 1. The number of nitro benzene ring substituents is 1. The Morgan fingerprint density at radius 3 is 2.48 bits per heavy atom. The third kappa shape index (κ3) is 5.03. The van der Waals surface area contributed by atoms with E-state index in [9.17, 15) is 20.0 Å². The predicted octanol–water partition coefficient (Wildman–Crippen LogP) is -0.459. The van der Waals surface area contributed by atoms with Crippen molar-refractivity contribution in [3.63, 3.8) is 0 Å². The third-order valence-corrected chi connectivity index (χ3v) is 3.02. The molecule has 0 saturated carbocycles. The molecule has 116 valence electrons. The van der Waals surface area contributed by atoms with E-state index in [2.05, 4.69) is 19.2 Å². The van der Waals surface area contributed by atoms with Crippen LogP contribution in [0.4, 0.5) is 11.4 Å². The van der Waals surface area contributed by atoms with Crippen molar-refractivity contribution in [1.82, 2.24) is 0 Å². The molecule has 0 unspecified atom stereocenters. The molecule has 0 aliphatic carbocycles. The van der Waals surface area contributed by atoms with Gasteiger partial charge in [0.2, 0.25) is 0 Å². The van der Waals surface area contributed by atoms with Gasteiger partial charge in [0.25, 0.3) is 5.69 Å². The van der Waals surface area contributed by atoms with Crippen LogP contribution in [-0.2, 0) is 0 Å². The third-order valence-electron chi connectivity index (χ3n) is 3.02. The summed E-state index contributed by atoms with van der Waals surface area (Å²) in [5, 5.41) is 24.9. The highest BCUT2D eigenvalue weighted by Gasteiger charge is 2.23. The first kappa shape index (κ1) is 16.9. The molecule has 21 heavy (non-hydrogen) atoms. The Balaban J connectivity index is 2.93. The summed E-state index contributed by atoms with van der Waals surface area (Å²) >= 11 is 0. The summed E-state index contributed by atoms with van der Waals surface area (Å²) in [5.74, 6) is -1.43. The first-order valence-corrected chi connectivity index (χ1v) is 6.65. The molecule has 2 N–H and O–H groups in total. The lowest BCUT2D eigenvalue weighted by molar-refractivity contribution is -0.865. The quantitative estimate of drug-likeness (QED) is 0.524. The first-order valence-electron chi connectivity index (χ1n) is 6.65. The normalized spacial score (nSPS) is 11.5. The molecule has 0 spiro atoms. The van der Waals surface area contributed by atoms with Crippen LogP contribution in [0.15, 0.2) is 18.2 Å². The number of benzene rings is 1. The SMILES string of the molecule is C[NH+](C)CC(C)(C)CNc1ccc(C(=O)[O-])cc1[N+](=O)[O-]. The van der Waals surface area contributed by atoms with Crippen LogP contribution in [-0.4, -0.2) is 38.1 Å². The minimum absolute atomic E-state index is 0.0558. The highest BCUT2D eigenvalue weighted by atomic mass is 16.6. The zero-order valence-electron chi connectivity index (χ0n) is 12.7. The number of aromatic carboxylic acids is 1. The van der Waals surface area contributed by atoms with Gasteiger partial charge in [-0.1, -0.05) is 19.9 Å². The second-order valence-corrected chi connectivity index (χ2v) is 6.18. The maximum absolute atomic E-state index is 11.0. The van der Waals surface area contributed by atoms with Crippen LogP contribution in [0.25, 0.3) is 0 Å². The number of anilines is 1. The fourth-order valence-electron chi connectivity index (χ4n) is 2.31. The fraction of sp³-hybridized carbons (Fsp3) is 0.500. The van der Waals surface area contributed by atoms with Crippen molar-refractivity contribution in [2.75, 3.05) is 32.5 Å². The standard InChI is InChI=1S/C14H21N3O4/c1-14(2,9-16(3)4)8-15-11-6-5-10(13(18)19)7-12(11)17(20)21/h5-7,15H,8-9H2,1-4H3,(H,18,19). The molecule has 0 fully saturated rings. The minimum atomic E-state index is -1.43. The Labute approximate surface area is 123 Å². The van der Waals surface area contributed by atoms with Crippen LogP contribution in [0.2, 0.25) is 0 Å². The van der Waals surface area contributed by atoms with E-state index in [1.165, 1.54) is 17.0 Å². The van der Waals surface area contributed by atoms with Gasteiger partial charge in [0, 0.05) is 23.6 Å². The molecule has 1 aromatic rings. The summed E-state index contributed by atoms with van der Waals surface area (Å²) < 4.78 is 0. The van der Waals surface area contributed by atoms with E-state index in [4.69, 9.17) is 0 Å². The molecule has 1 aromatic carbocycles. The number of carboxylic acids is 1. The number of rotatable bonds is 7. The second-order valence-electron chi connectivity index (χ2n) is 6.18. The van der Waals surface area contributed by atoms with E-state index < -0.39 is 10.9 Å². The number of carbonyl (C=O) groups is 1. The Kier molecular flexibility index (Phi) is 5.26. The van der Waals surface area contributed by atoms with Crippen molar-refractivity contribution < 1.29 is 19.7 Å². The van der Waals surface area contributed by atoms with E-state index >= 15 is 0 Å². The zero-order valence-corrected chi connectivity index (χ0v) is 12.7. The molecule has 0 amide bonds. The Morgan fingerprint density at radius 2 is 2.00 bits per heavy atom. The summed E-state index contributed by atoms with van der Waals surface area (Å²) in [6, 6.07) is 3.72. The molecule has 0 aliphatic rings. The van der Waals surface area contributed by atoms with E-state index in [1.54, 1.807) is 0 Å². The summed E-state index contributed by atoms with van der Waals surface area (Å²) in [4.78, 5) is 22.5. The fourth-order valence-corrected chi connectivity index (χ4v) is 2.31. The molecule has 1 rings (SSSR count). The Morgan fingerprint density at radius 1 is 1.38 bits per heavy atom. The van der Waals surface area contributed by atoms with Crippen LogP contribution in [0, 0.1) is 15.5 Å². The van der Waals surface area contributed by atoms with Gasteiger partial charge >= 0.3 is 0 Å². The van der Waals surface area contributed by atoms with Gasteiger partial charge in [-0.05, 0) is 6.07 Å². The minimum Gasteiger partial charge on any atom is -0.545 e. The number of nitrogens with zero attached hydrogens (tertiary/aromatic N) is 1. The van der Waals surface area contributed by atoms with E-state index in [0.717, 1.165) is 12.6 Å². The highest BCUT2D eigenvalue weighted by molar-refractivity contribution is 5.88. The average molecular weight is 295 g/mol. The summed E-state index contributed by atoms with van der Waals surface area (Å²) in [7, 11) is 4.08. The molecule has 7 heteroatoms. The van der Waals surface area contributed by atoms with Crippen molar-refractivity contribution in [3.8, 4) is 0 Å². The molecule has 0 bridgehead atoms. The monoisotopic (exact) mass is 295 g/mol. The molecule has 0 aliphatic heterocycles. The molecule has 0 atom stereocenters. The lowest BCUT2D eigenvalue weighted by Crippen LogP contribution is -3.07. The van der Waals surface area contributed by atoms with Gasteiger partial charge in [-0.25, -0.2) is 0 Å². The lowest BCUT2D eigenvalue weighted by Gasteiger charge is -2.26. The van der Waals surface area contributed by atoms with Crippen molar-refractivity contribution in [3.05, 3.63) is 33.9 Å². The Bertz CT molecular complexity index is 541. The molecule has 0 saturated heterocycles. The molecular formula is C14H21N3O4. The highest BCUT2D eigenvalue weighted by Crippen LogP contribution is 2.26. The number of nitro groups is 1. The summed E-state index contributed by atoms with van der Waals surface area (Å²) in [5.41, 5.74) is -0.208. The topological polar surface area (TPSA) is 99.7 Å². The largest absolute Gasteiger partial charge is 0.545 e. The maximum atomic E-state index is 11.0. The smallest absolute Gasteiger partial charge is 0.292 e. The predicted molar refractivity (Wildman–Crippen MR) is 77.4 cm³/mol. The van der Waals surface area contributed by atoms with Gasteiger partial charge < -0.3 is 20.1 Å². The average Bonchev–Trinajstić information content (AvgIpc) is 2.34. The van der Waals surface area contributed by atoms with Crippen molar-refractivity contribution in [1.29, 1.82) is 0 Å². The van der Waals surface area contributed by atoms with Gasteiger partial charge in [-0.3, -0.25) is 10.1 Å². The van der Waals surface area contributed by atoms with Gasteiger partial charge in [-0.15, -0.1) is 0 Å². The molecule has 7 nitrogen and oxygen atoms in total. The van der Waals surface area contributed by atoms with Gasteiger partial charge in [0.15, 0.2) is 0 Å². The molecule has 0 radical (unpaired) electrons. The Hall–Kier alpha value is -2.15. The van der Waals surface area contributed by atoms with E-state index in [0.29, 0.717) is 12.2 Å². The summed E-state index contributed by atoms with van der Waals surface area (Å²) in [6.07, 6.45) is 0.